The molecule has 29 heavy (non-hydrogen) atoms. The molecule has 2 aromatic rings. The fourth-order valence-electron chi connectivity index (χ4n) is 3.97. The Morgan fingerprint density at radius 1 is 0.966 bits per heavy atom. The molecule has 2 fully saturated rings. The summed E-state index contributed by atoms with van der Waals surface area (Å²) in [5.41, 5.74) is 2.01. The number of aryl methyl sites for hydroxylation is 1. The number of nitrogens with one attached hydrogen (secondary N) is 1. The molecule has 1 aliphatic heterocycles. The van der Waals surface area contributed by atoms with Gasteiger partial charge in [-0.1, -0.05) is 48.0 Å². The van der Waals surface area contributed by atoms with Crippen LogP contribution < -0.4 is 5.32 Å². The van der Waals surface area contributed by atoms with Gasteiger partial charge >= 0.3 is 0 Å². The van der Waals surface area contributed by atoms with Crippen LogP contribution in [-0.4, -0.2) is 47.4 Å². The maximum Gasteiger partial charge on any atom is 0.260 e. The van der Waals surface area contributed by atoms with E-state index >= 15 is 0 Å². The normalized spacial score (nSPS) is 17.1. The van der Waals surface area contributed by atoms with Crippen LogP contribution in [0.4, 0.5) is 0 Å². The molecule has 6 heteroatoms. The molecule has 1 aliphatic carbocycles. The fraction of sp³-hybridized carbons (Fsp3) is 0.348. The number of benzene rings is 2. The Kier molecular flexibility index (Phi) is 5.09. The van der Waals surface area contributed by atoms with E-state index in [0.717, 1.165) is 30.4 Å². The monoisotopic (exact) mass is 391 g/mol. The smallest absolute Gasteiger partial charge is 0.260 e. The van der Waals surface area contributed by atoms with Crippen molar-refractivity contribution in [1.29, 1.82) is 0 Å². The third-order valence-corrected chi connectivity index (χ3v) is 5.72. The zero-order chi connectivity index (χ0) is 20.4. The minimum atomic E-state index is -0.505. The topological polar surface area (TPSA) is 69.7 Å². The van der Waals surface area contributed by atoms with E-state index in [9.17, 15) is 14.4 Å². The van der Waals surface area contributed by atoms with Crippen LogP contribution in [0.1, 0.15) is 40.7 Å². The first-order valence-corrected chi connectivity index (χ1v) is 10.0. The quantitative estimate of drug-likeness (QED) is 0.851. The van der Waals surface area contributed by atoms with E-state index in [4.69, 9.17) is 0 Å². The van der Waals surface area contributed by atoms with Gasteiger partial charge in [-0.3, -0.25) is 19.4 Å². The lowest BCUT2D eigenvalue weighted by Crippen LogP contribution is -2.51. The molecule has 2 aromatic carbocycles. The van der Waals surface area contributed by atoms with E-state index in [1.165, 1.54) is 5.01 Å². The van der Waals surface area contributed by atoms with Gasteiger partial charge in [0.2, 0.25) is 0 Å². The lowest BCUT2D eigenvalue weighted by Gasteiger charge is -2.31. The number of hydrogen-bond donors (Lipinski definition) is 1. The van der Waals surface area contributed by atoms with Crippen molar-refractivity contribution >= 4 is 17.7 Å². The summed E-state index contributed by atoms with van der Waals surface area (Å²) in [4.78, 5) is 38.4. The standard InChI is InChI=1S/C23H25N3O3/c1-17-7-5-8-18(15-17)21(28)24-16-20(27)25-13-6-14-26(25)22(29)23(11-12-23)19-9-3-2-4-10-19/h2-5,7-10,15H,6,11-14,16H2,1H3,(H,24,28). The maximum atomic E-state index is 13.3. The van der Waals surface area contributed by atoms with E-state index in [2.05, 4.69) is 5.32 Å². The molecule has 1 saturated carbocycles. The predicted octanol–water partition coefficient (Wildman–Crippen LogP) is 2.43. The molecule has 1 saturated heterocycles. The molecule has 2 aliphatic rings. The number of hydrogen-bond acceptors (Lipinski definition) is 3. The van der Waals surface area contributed by atoms with Gasteiger partial charge in [-0.25, -0.2) is 5.01 Å². The number of carbonyl (C=O) groups is 3. The molecule has 4 rings (SSSR count). The second-order valence-corrected chi connectivity index (χ2v) is 7.80. The third kappa shape index (κ3) is 3.75. The molecule has 150 valence electrons. The number of amides is 3. The van der Waals surface area contributed by atoms with Crippen LogP contribution in [0.3, 0.4) is 0 Å². The first kappa shape index (κ1) is 19.2. The Bertz CT molecular complexity index is 937. The zero-order valence-corrected chi connectivity index (χ0v) is 16.6. The van der Waals surface area contributed by atoms with Gasteiger partial charge in [0.1, 0.15) is 0 Å². The fourth-order valence-corrected chi connectivity index (χ4v) is 3.97. The molecule has 0 bridgehead atoms. The van der Waals surface area contributed by atoms with Crippen LogP contribution in [0.2, 0.25) is 0 Å². The van der Waals surface area contributed by atoms with Gasteiger partial charge in [-0.2, -0.15) is 0 Å². The summed E-state index contributed by atoms with van der Waals surface area (Å²) in [5.74, 6) is -0.567. The summed E-state index contributed by atoms with van der Waals surface area (Å²) < 4.78 is 0. The molecule has 0 radical (unpaired) electrons. The van der Waals surface area contributed by atoms with Crippen LogP contribution >= 0.6 is 0 Å². The van der Waals surface area contributed by atoms with Gasteiger partial charge in [0, 0.05) is 18.7 Å². The Labute approximate surface area is 170 Å². The van der Waals surface area contributed by atoms with Crippen molar-refractivity contribution in [3.63, 3.8) is 0 Å². The second-order valence-electron chi connectivity index (χ2n) is 7.80. The van der Waals surface area contributed by atoms with Gasteiger partial charge in [-0.05, 0) is 43.9 Å². The highest BCUT2D eigenvalue weighted by molar-refractivity contribution is 5.97. The number of rotatable bonds is 5. The third-order valence-electron chi connectivity index (χ3n) is 5.72. The van der Waals surface area contributed by atoms with Crippen molar-refractivity contribution < 1.29 is 14.4 Å². The van der Waals surface area contributed by atoms with Crippen molar-refractivity contribution in [2.75, 3.05) is 19.6 Å². The predicted molar refractivity (Wildman–Crippen MR) is 109 cm³/mol. The summed E-state index contributed by atoms with van der Waals surface area (Å²) >= 11 is 0. The molecule has 0 unspecified atom stereocenters. The number of hydrazine groups is 1. The van der Waals surface area contributed by atoms with Crippen LogP contribution in [0.15, 0.2) is 54.6 Å². The highest BCUT2D eigenvalue weighted by Gasteiger charge is 2.54. The average molecular weight is 391 g/mol. The molecule has 6 nitrogen and oxygen atoms in total. The maximum absolute atomic E-state index is 13.3. The van der Waals surface area contributed by atoms with Crippen LogP contribution in [0.5, 0.6) is 0 Å². The molecular weight excluding hydrogens is 366 g/mol. The summed E-state index contributed by atoms with van der Waals surface area (Å²) in [6.45, 7) is 2.81. The lowest BCUT2D eigenvalue weighted by atomic mass is 9.95. The Morgan fingerprint density at radius 2 is 1.69 bits per heavy atom. The number of carbonyl (C=O) groups excluding carboxylic acids is 3. The molecular formula is C23H25N3O3. The minimum absolute atomic E-state index is 0.0143. The zero-order valence-electron chi connectivity index (χ0n) is 16.6. The Balaban J connectivity index is 1.41. The van der Waals surface area contributed by atoms with Crippen LogP contribution in [0.25, 0.3) is 0 Å². The molecule has 1 N–H and O–H groups in total. The van der Waals surface area contributed by atoms with Crippen LogP contribution in [-0.2, 0) is 15.0 Å². The van der Waals surface area contributed by atoms with Crippen molar-refractivity contribution in [2.24, 2.45) is 0 Å². The van der Waals surface area contributed by atoms with E-state index in [1.807, 2.05) is 49.4 Å². The lowest BCUT2D eigenvalue weighted by molar-refractivity contribution is -0.158. The summed E-state index contributed by atoms with van der Waals surface area (Å²) in [5, 5.41) is 5.77. The van der Waals surface area contributed by atoms with Crippen molar-refractivity contribution in [1.82, 2.24) is 15.3 Å². The summed E-state index contributed by atoms with van der Waals surface area (Å²) in [6, 6.07) is 17.0. The minimum Gasteiger partial charge on any atom is -0.343 e. The number of nitrogens with zero attached hydrogens (tertiary/aromatic N) is 2. The first-order chi connectivity index (χ1) is 14.0. The Morgan fingerprint density at radius 3 is 2.38 bits per heavy atom. The second kappa shape index (κ2) is 7.70. The van der Waals surface area contributed by atoms with Gasteiger partial charge in [0.05, 0.1) is 12.0 Å². The van der Waals surface area contributed by atoms with Gasteiger partial charge < -0.3 is 5.32 Å². The largest absolute Gasteiger partial charge is 0.343 e. The highest BCUT2D eigenvalue weighted by atomic mass is 16.2. The Hall–Kier alpha value is -3.15. The summed E-state index contributed by atoms with van der Waals surface area (Å²) in [7, 11) is 0. The van der Waals surface area contributed by atoms with Crippen LogP contribution in [0, 0.1) is 6.92 Å². The first-order valence-electron chi connectivity index (χ1n) is 10.0. The van der Waals surface area contributed by atoms with Crippen molar-refractivity contribution in [3.8, 4) is 0 Å². The highest BCUT2D eigenvalue weighted by Crippen LogP contribution is 2.50. The van der Waals surface area contributed by atoms with Crippen molar-refractivity contribution in [2.45, 2.75) is 31.6 Å². The molecule has 1 heterocycles. The molecule has 0 aromatic heterocycles. The van der Waals surface area contributed by atoms with Gasteiger partial charge in [0.15, 0.2) is 0 Å². The van der Waals surface area contributed by atoms with E-state index in [1.54, 1.807) is 17.1 Å². The molecule has 0 spiro atoms. The van der Waals surface area contributed by atoms with Gasteiger partial charge in [0.25, 0.3) is 17.7 Å². The summed E-state index contributed by atoms with van der Waals surface area (Å²) in [6.07, 6.45) is 2.35. The van der Waals surface area contributed by atoms with E-state index in [-0.39, 0.29) is 24.3 Å². The van der Waals surface area contributed by atoms with E-state index in [0.29, 0.717) is 18.7 Å². The SMILES string of the molecule is Cc1cccc(C(=O)NCC(=O)N2CCCN2C(=O)C2(c3ccccc3)CC2)c1. The average Bonchev–Trinajstić information content (AvgIpc) is 3.41. The molecule has 0 atom stereocenters. The van der Waals surface area contributed by atoms with Crippen molar-refractivity contribution in [3.05, 3.63) is 71.3 Å². The van der Waals surface area contributed by atoms with Gasteiger partial charge in [-0.15, -0.1) is 0 Å². The van der Waals surface area contributed by atoms with E-state index < -0.39 is 5.41 Å². The molecule has 3 amide bonds.